The molecule has 2 aromatic rings. The molecule has 2 heterocycles. The van der Waals surface area contributed by atoms with Crippen molar-refractivity contribution < 1.29 is 14.3 Å². The third kappa shape index (κ3) is 6.18. The molecular weight excluding hydrogens is 386 g/mol. The van der Waals surface area contributed by atoms with Crippen LogP contribution in [-0.4, -0.2) is 47.8 Å². The number of piperidine rings is 1. The van der Waals surface area contributed by atoms with Gasteiger partial charge in [-0.15, -0.1) is 11.3 Å². The van der Waals surface area contributed by atoms with Gasteiger partial charge in [-0.3, -0.25) is 4.90 Å². The van der Waals surface area contributed by atoms with E-state index in [1.165, 1.54) is 12.8 Å². The fourth-order valence-electron chi connectivity index (χ4n) is 3.55. The second-order valence-corrected chi connectivity index (χ2v) is 9.21. The van der Waals surface area contributed by atoms with Gasteiger partial charge in [-0.25, -0.2) is 9.78 Å². The van der Waals surface area contributed by atoms with Gasteiger partial charge in [-0.2, -0.15) is 0 Å². The molecule has 0 saturated carbocycles. The van der Waals surface area contributed by atoms with Crippen LogP contribution < -0.4 is 10.1 Å². The molecule has 1 aromatic heterocycles. The standard InChI is InChI=1S/C22H31N3O3S/c1-22(2,3)28-21(26)23-13-17-9-7-8-12-25(17)14-16-15-29-20(24-16)18-10-5-6-11-19(18)27-4/h5-6,10-11,15,17H,7-9,12-14H2,1-4H3,(H,23,26). The van der Waals surface area contributed by atoms with Crippen molar-refractivity contribution in [1.82, 2.24) is 15.2 Å². The third-order valence-corrected chi connectivity index (χ3v) is 5.81. The molecule has 3 rings (SSSR count). The summed E-state index contributed by atoms with van der Waals surface area (Å²) in [6.07, 6.45) is 3.07. The van der Waals surface area contributed by atoms with Gasteiger partial charge in [-0.1, -0.05) is 18.6 Å². The molecule has 0 spiro atoms. The Morgan fingerprint density at radius 3 is 2.86 bits per heavy atom. The molecule has 1 aromatic carbocycles. The van der Waals surface area contributed by atoms with Crippen LogP contribution in [0.15, 0.2) is 29.6 Å². The molecule has 1 unspecified atom stereocenters. The number of rotatable bonds is 6. The molecule has 1 aliphatic rings. The number of ether oxygens (including phenoxy) is 2. The quantitative estimate of drug-likeness (QED) is 0.738. The summed E-state index contributed by atoms with van der Waals surface area (Å²) in [5.74, 6) is 0.839. The summed E-state index contributed by atoms with van der Waals surface area (Å²) in [5, 5.41) is 6.02. The number of aromatic nitrogens is 1. The molecule has 1 saturated heterocycles. The lowest BCUT2D eigenvalue weighted by atomic mass is 10.0. The van der Waals surface area contributed by atoms with E-state index >= 15 is 0 Å². The highest BCUT2D eigenvalue weighted by molar-refractivity contribution is 7.13. The van der Waals surface area contributed by atoms with E-state index in [0.717, 1.165) is 41.5 Å². The summed E-state index contributed by atoms with van der Waals surface area (Å²) in [7, 11) is 1.68. The highest BCUT2D eigenvalue weighted by Crippen LogP contribution is 2.32. The van der Waals surface area contributed by atoms with Crippen LogP contribution in [0.5, 0.6) is 5.75 Å². The minimum Gasteiger partial charge on any atom is -0.496 e. The molecule has 1 atom stereocenters. The Hall–Kier alpha value is -2.12. The van der Waals surface area contributed by atoms with Gasteiger partial charge in [0.05, 0.1) is 18.4 Å². The van der Waals surface area contributed by atoms with Crippen LogP contribution >= 0.6 is 11.3 Å². The Morgan fingerprint density at radius 2 is 2.10 bits per heavy atom. The lowest BCUT2D eigenvalue weighted by molar-refractivity contribution is 0.0491. The maximum atomic E-state index is 12.0. The molecule has 158 valence electrons. The summed E-state index contributed by atoms with van der Waals surface area (Å²) in [5.41, 5.74) is 1.60. The van der Waals surface area contributed by atoms with Gasteiger partial charge in [-0.05, 0) is 52.3 Å². The number of hydrogen-bond donors (Lipinski definition) is 1. The van der Waals surface area contributed by atoms with Gasteiger partial charge in [0.25, 0.3) is 0 Å². The summed E-state index contributed by atoms with van der Waals surface area (Å²) in [6, 6.07) is 8.26. The first-order valence-corrected chi connectivity index (χ1v) is 11.0. The number of thiazole rings is 1. The van der Waals surface area contributed by atoms with E-state index in [9.17, 15) is 4.79 Å². The smallest absolute Gasteiger partial charge is 0.407 e. The predicted molar refractivity (Wildman–Crippen MR) is 116 cm³/mol. The van der Waals surface area contributed by atoms with Gasteiger partial charge in [0.15, 0.2) is 0 Å². The maximum absolute atomic E-state index is 12.0. The largest absolute Gasteiger partial charge is 0.496 e. The Labute approximate surface area is 177 Å². The monoisotopic (exact) mass is 417 g/mol. The summed E-state index contributed by atoms with van der Waals surface area (Å²) < 4.78 is 10.8. The molecule has 7 heteroatoms. The molecule has 0 aliphatic carbocycles. The van der Waals surface area contributed by atoms with E-state index in [4.69, 9.17) is 14.5 Å². The van der Waals surface area contributed by atoms with Crippen molar-refractivity contribution in [1.29, 1.82) is 0 Å². The van der Waals surface area contributed by atoms with Crippen LogP contribution in [-0.2, 0) is 11.3 Å². The number of amides is 1. The Balaban J connectivity index is 1.62. The van der Waals surface area contributed by atoms with E-state index in [1.54, 1.807) is 18.4 Å². The highest BCUT2D eigenvalue weighted by Gasteiger charge is 2.25. The number of carbonyl (C=O) groups excluding carboxylic acids is 1. The topological polar surface area (TPSA) is 63.7 Å². The van der Waals surface area contributed by atoms with E-state index < -0.39 is 5.60 Å². The first-order chi connectivity index (χ1) is 13.9. The van der Waals surface area contributed by atoms with Crippen molar-refractivity contribution in [3.05, 3.63) is 35.3 Å². The molecule has 1 fully saturated rings. The number of hydrogen-bond acceptors (Lipinski definition) is 6. The molecule has 0 radical (unpaired) electrons. The number of nitrogens with one attached hydrogen (secondary N) is 1. The average molecular weight is 418 g/mol. The SMILES string of the molecule is COc1ccccc1-c1nc(CN2CCCCC2CNC(=O)OC(C)(C)C)cs1. The second-order valence-electron chi connectivity index (χ2n) is 8.35. The van der Waals surface area contributed by atoms with Crippen molar-refractivity contribution in [2.45, 2.75) is 58.2 Å². The zero-order valence-corrected chi connectivity index (χ0v) is 18.6. The molecule has 1 amide bonds. The van der Waals surface area contributed by atoms with Gasteiger partial charge in [0.2, 0.25) is 0 Å². The van der Waals surface area contributed by atoms with Crippen molar-refractivity contribution in [2.75, 3.05) is 20.2 Å². The minimum absolute atomic E-state index is 0.299. The lowest BCUT2D eigenvalue weighted by Crippen LogP contribution is -2.47. The van der Waals surface area contributed by atoms with Crippen molar-refractivity contribution in [3.63, 3.8) is 0 Å². The van der Waals surface area contributed by atoms with Crippen LogP contribution in [0, 0.1) is 0 Å². The molecule has 1 aliphatic heterocycles. The van der Waals surface area contributed by atoms with Crippen LogP contribution in [0.25, 0.3) is 10.6 Å². The molecule has 6 nitrogen and oxygen atoms in total. The van der Waals surface area contributed by atoms with Crippen LogP contribution in [0.2, 0.25) is 0 Å². The van der Waals surface area contributed by atoms with Gasteiger partial charge < -0.3 is 14.8 Å². The zero-order chi connectivity index (χ0) is 20.9. The van der Waals surface area contributed by atoms with E-state index in [0.29, 0.717) is 12.6 Å². The van der Waals surface area contributed by atoms with Crippen molar-refractivity contribution in [2.24, 2.45) is 0 Å². The average Bonchev–Trinajstić information content (AvgIpc) is 3.14. The van der Waals surface area contributed by atoms with E-state index in [-0.39, 0.29) is 6.09 Å². The van der Waals surface area contributed by atoms with Crippen LogP contribution in [0.3, 0.4) is 0 Å². The number of likely N-dealkylation sites (tertiary alicyclic amines) is 1. The number of alkyl carbamates (subject to hydrolysis) is 1. The Kier molecular flexibility index (Phi) is 7.14. The third-order valence-electron chi connectivity index (χ3n) is 4.88. The number of carbonyl (C=O) groups is 1. The number of para-hydroxylation sites is 1. The summed E-state index contributed by atoms with van der Waals surface area (Å²) in [6.45, 7) is 8.02. The number of benzene rings is 1. The van der Waals surface area contributed by atoms with Crippen molar-refractivity contribution >= 4 is 17.4 Å². The highest BCUT2D eigenvalue weighted by atomic mass is 32.1. The lowest BCUT2D eigenvalue weighted by Gasteiger charge is -2.35. The molecule has 0 bridgehead atoms. The maximum Gasteiger partial charge on any atom is 0.407 e. The van der Waals surface area contributed by atoms with Crippen LogP contribution in [0.4, 0.5) is 4.79 Å². The molecule has 29 heavy (non-hydrogen) atoms. The normalized spacial score (nSPS) is 17.7. The number of nitrogens with zero attached hydrogens (tertiary/aromatic N) is 2. The fraction of sp³-hybridized carbons (Fsp3) is 0.545. The summed E-state index contributed by atoms with van der Waals surface area (Å²) in [4.78, 5) is 19.3. The van der Waals surface area contributed by atoms with Gasteiger partial charge >= 0.3 is 6.09 Å². The first-order valence-electron chi connectivity index (χ1n) is 10.1. The molecular formula is C22H31N3O3S. The number of methoxy groups -OCH3 is 1. The van der Waals surface area contributed by atoms with Gasteiger partial charge in [0, 0.05) is 24.5 Å². The predicted octanol–water partition coefficient (Wildman–Crippen LogP) is 4.70. The fourth-order valence-corrected chi connectivity index (χ4v) is 4.39. The van der Waals surface area contributed by atoms with Gasteiger partial charge in [0.1, 0.15) is 16.4 Å². The first kappa shape index (κ1) is 21.6. The van der Waals surface area contributed by atoms with Crippen LogP contribution in [0.1, 0.15) is 45.7 Å². The Morgan fingerprint density at radius 1 is 1.31 bits per heavy atom. The Bertz CT molecular complexity index is 816. The summed E-state index contributed by atoms with van der Waals surface area (Å²) >= 11 is 1.64. The zero-order valence-electron chi connectivity index (χ0n) is 17.7. The minimum atomic E-state index is -0.480. The van der Waals surface area contributed by atoms with Crippen molar-refractivity contribution in [3.8, 4) is 16.3 Å². The second kappa shape index (κ2) is 9.59. The molecule has 1 N–H and O–H groups in total. The van der Waals surface area contributed by atoms with E-state index in [1.807, 2.05) is 45.0 Å². The van der Waals surface area contributed by atoms with E-state index in [2.05, 4.69) is 15.6 Å².